The summed E-state index contributed by atoms with van der Waals surface area (Å²) in [6, 6.07) is 6.93. The van der Waals surface area contributed by atoms with E-state index in [2.05, 4.69) is 50.9 Å². The van der Waals surface area contributed by atoms with Crippen molar-refractivity contribution in [3.05, 3.63) is 29.3 Å². The molecule has 0 aromatic heterocycles. The van der Waals surface area contributed by atoms with Crippen molar-refractivity contribution < 1.29 is 0 Å². The molecule has 0 N–H and O–H groups in total. The molecule has 0 atom stereocenters. The molecule has 0 unspecified atom stereocenters. The summed E-state index contributed by atoms with van der Waals surface area (Å²) in [6.45, 7) is 6.45. The van der Waals surface area contributed by atoms with Crippen LogP contribution in [0.15, 0.2) is 18.2 Å². The molecule has 0 bridgehead atoms. The van der Waals surface area contributed by atoms with E-state index in [1.807, 2.05) is 0 Å². The van der Waals surface area contributed by atoms with Gasteiger partial charge in [-0.1, -0.05) is 17.7 Å². The third-order valence-electron chi connectivity index (χ3n) is 2.53. The van der Waals surface area contributed by atoms with Crippen molar-refractivity contribution in [1.82, 2.24) is 0 Å². The molecule has 0 amide bonds. The highest BCUT2D eigenvalue weighted by molar-refractivity contribution is 6.17. The Hall–Kier alpha value is -0.690. The van der Waals surface area contributed by atoms with Crippen LogP contribution >= 0.6 is 11.6 Å². The zero-order valence-electron chi connectivity index (χ0n) is 9.34. The van der Waals surface area contributed by atoms with Crippen LogP contribution < -0.4 is 4.90 Å². The SMILES string of the molecule is Cc1ccc(N(C)C(C)C)c(CCl)c1. The topological polar surface area (TPSA) is 3.24 Å². The van der Waals surface area contributed by atoms with Gasteiger partial charge in [0.1, 0.15) is 0 Å². The molecule has 78 valence electrons. The van der Waals surface area contributed by atoms with Gasteiger partial charge in [0.15, 0.2) is 0 Å². The Morgan fingerprint density at radius 2 is 2.00 bits per heavy atom. The fourth-order valence-corrected chi connectivity index (χ4v) is 1.66. The molecular formula is C12H18ClN. The number of benzene rings is 1. The lowest BCUT2D eigenvalue weighted by Gasteiger charge is -2.26. The van der Waals surface area contributed by atoms with E-state index in [1.54, 1.807) is 0 Å². The summed E-state index contributed by atoms with van der Waals surface area (Å²) < 4.78 is 0. The smallest absolute Gasteiger partial charge is 0.0494 e. The first-order valence-electron chi connectivity index (χ1n) is 4.94. The van der Waals surface area contributed by atoms with Crippen LogP contribution in [-0.4, -0.2) is 13.1 Å². The maximum Gasteiger partial charge on any atom is 0.0494 e. The highest BCUT2D eigenvalue weighted by atomic mass is 35.5. The van der Waals surface area contributed by atoms with Crippen molar-refractivity contribution in [2.45, 2.75) is 32.7 Å². The molecule has 0 aliphatic rings. The first kappa shape index (κ1) is 11.4. The van der Waals surface area contributed by atoms with Crippen LogP contribution in [0.1, 0.15) is 25.0 Å². The van der Waals surface area contributed by atoms with Gasteiger partial charge in [0.2, 0.25) is 0 Å². The number of hydrogen-bond donors (Lipinski definition) is 0. The summed E-state index contributed by atoms with van der Waals surface area (Å²) in [5, 5.41) is 0. The molecule has 0 aliphatic heterocycles. The number of nitrogens with zero attached hydrogens (tertiary/aromatic N) is 1. The summed E-state index contributed by atoms with van der Waals surface area (Å²) in [4.78, 5) is 2.25. The van der Waals surface area contributed by atoms with Crippen molar-refractivity contribution in [2.24, 2.45) is 0 Å². The Morgan fingerprint density at radius 3 is 2.50 bits per heavy atom. The zero-order valence-corrected chi connectivity index (χ0v) is 10.1. The van der Waals surface area contributed by atoms with Crippen LogP contribution in [0.3, 0.4) is 0 Å². The van der Waals surface area contributed by atoms with Gasteiger partial charge in [-0.25, -0.2) is 0 Å². The number of aryl methyl sites for hydroxylation is 1. The molecule has 1 aromatic rings. The third-order valence-corrected chi connectivity index (χ3v) is 2.82. The highest BCUT2D eigenvalue weighted by Gasteiger charge is 2.09. The van der Waals surface area contributed by atoms with E-state index in [4.69, 9.17) is 11.6 Å². The van der Waals surface area contributed by atoms with Gasteiger partial charge < -0.3 is 4.90 Å². The molecule has 1 rings (SSSR count). The van der Waals surface area contributed by atoms with E-state index < -0.39 is 0 Å². The minimum atomic E-state index is 0.500. The molecule has 0 fully saturated rings. The molecule has 1 nitrogen and oxygen atoms in total. The molecule has 0 aliphatic carbocycles. The second kappa shape index (κ2) is 4.70. The van der Waals surface area contributed by atoms with Crippen LogP contribution in [0.2, 0.25) is 0 Å². The fourth-order valence-electron chi connectivity index (χ4n) is 1.44. The molecule has 0 saturated carbocycles. The molecular weight excluding hydrogens is 194 g/mol. The van der Waals surface area contributed by atoms with Crippen LogP contribution in [0, 0.1) is 6.92 Å². The van der Waals surface area contributed by atoms with Gasteiger partial charge in [0, 0.05) is 24.7 Å². The minimum Gasteiger partial charge on any atom is -0.372 e. The first-order valence-corrected chi connectivity index (χ1v) is 5.48. The number of rotatable bonds is 3. The van der Waals surface area contributed by atoms with E-state index in [0.717, 1.165) is 0 Å². The largest absolute Gasteiger partial charge is 0.372 e. The van der Waals surface area contributed by atoms with Gasteiger partial charge in [-0.05, 0) is 32.4 Å². The van der Waals surface area contributed by atoms with Crippen LogP contribution in [0.5, 0.6) is 0 Å². The quantitative estimate of drug-likeness (QED) is 0.691. The Morgan fingerprint density at radius 1 is 1.36 bits per heavy atom. The number of halogens is 1. The number of anilines is 1. The van der Waals surface area contributed by atoms with Gasteiger partial charge in [0.05, 0.1) is 0 Å². The van der Waals surface area contributed by atoms with Gasteiger partial charge >= 0.3 is 0 Å². The van der Waals surface area contributed by atoms with Crippen LogP contribution in [0.25, 0.3) is 0 Å². The Kier molecular flexibility index (Phi) is 3.82. The lowest BCUT2D eigenvalue weighted by atomic mass is 10.1. The average Bonchev–Trinajstić information content (AvgIpc) is 2.16. The van der Waals surface area contributed by atoms with Crippen molar-refractivity contribution in [3.8, 4) is 0 Å². The summed E-state index contributed by atoms with van der Waals surface area (Å²) in [7, 11) is 2.10. The van der Waals surface area contributed by atoms with E-state index in [9.17, 15) is 0 Å². The monoisotopic (exact) mass is 211 g/mol. The Bertz CT molecular complexity index is 307. The maximum absolute atomic E-state index is 5.93. The second-order valence-electron chi connectivity index (χ2n) is 3.97. The standard InChI is InChI=1S/C12H18ClN/c1-9(2)14(4)12-6-5-10(3)7-11(12)8-13/h5-7,9H,8H2,1-4H3. The van der Waals surface area contributed by atoms with Gasteiger partial charge in [-0.15, -0.1) is 11.6 Å². The molecule has 14 heavy (non-hydrogen) atoms. The average molecular weight is 212 g/mol. The molecule has 0 spiro atoms. The van der Waals surface area contributed by atoms with Crippen LogP contribution in [0.4, 0.5) is 5.69 Å². The summed E-state index contributed by atoms with van der Waals surface area (Å²) in [5.41, 5.74) is 3.71. The van der Waals surface area contributed by atoms with Gasteiger partial charge in [0.25, 0.3) is 0 Å². The van der Waals surface area contributed by atoms with E-state index >= 15 is 0 Å². The molecule has 0 saturated heterocycles. The normalized spacial score (nSPS) is 10.7. The Balaban J connectivity index is 3.07. The fraction of sp³-hybridized carbons (Fsp3) is 0.500. The number of alkyl halides is 1. The van der Waals surface area contributed by atoms with Crippen molar-refractivity contribution in [3.63, 3.8) is 0 Å². The lowest BCUT2D eigenvalue weighted by molar-refractivity contribution is 0.752. The summed E-state index contributed by atoms with van der Waals surface area (Å²) in [5.74, 6) is 0.577. The predicted octanol–water partition coefficient (Wildman–Crippen LogP) is 3.58. The third kappa shape index (κ3) is 2.42. The highest BCUT2D eigenvalue weighted by Crippen LogP contribution is 2.23. The van der Waals surface area contributed by atoms with E-state index in [-0.39, 0.29) is 0 Å². The predicted molar refractivity (Wildman–Crippen MR) is 64.3 cm³/mol. The molecule has 0 heterocycles. The maximum atomic E-state index is 5.93. The van der Waals surface area contributed by atoms with Crippen molar-refractivity contribution >= 4 is 17.3 Å². The van der Waals surface area contributed by atoms with Crippen molar-refractivity contribution in [1.29, 1.82) is 0 Å². The Labute approximate surface area is 91.7 Å². The molecule has 1 aromatic carbocycles. The van der Waals surface area contributed by atoms with E-state index in [0.29, 0.717) is 11.9 Å². The summed E-state index contributed by atoms with van der Waals surface area (Å²) in [6.07, 6.45) is 0. The first-order chi connectivity index (χ1) is 6.56. The summed E-state index contributed by atoms with van der Waals surface area (Å²) >= 11 is 5.93. The minimum absolute atomic E-state index is 0.500. The van der Waals surface area contributed by atoms with Gasteiger partial charge in [-0.3, -0.25) is 0 Å². The lowest BCUT2D eigenvalue weighted by Crippen LogP contribution is -2.26. The number of hydrogen-bond acceptors (Lipinski definition) is 1. The van der Waals surface area contributed by atoms with Gasteiger partial charge in [-0.2, -0.15) is 0 Å². The van der Waals surface area contributed by atoms with Crippen LogP contribution in [-0.2, 0) is 5.88 Å². The van der Waals surface area contributed by atoms with Crippen molar-refractivity contribution in [2.75, 3.05) is 11.9 Å². The molecule has 0 radical (unpaired) electrons. The zero-order chi connectivity index (χ0) is 10.7. The van der Waals surface area contributed by atoms with E-state index in [1.165, 1.54) is 16.8 Å². The molecule has 2 heteroatoms. The second-order valence-corrected chi connectivity index (χ2v) is 4.24.